The number of esters is 1. The van der Waals surface area contributed by atoms with Crippen LogP contribution in [0.15, 0.2) is 48.5 Å². The average Bonchev–Trinajstić information content (AvgIpc) is 3.27. The molecule has 0 saturated heterocycles. The molecule has 0 fully saturated rings. The third kappa shape index (κ3) is 2.26. The number of nitrogens with zero attached hydrogens (tertiary/aromatic N) is 1. The highest BCUT2D eigenvalue weighted by Crippen LogP contribution is 2.45. The first kappa shape index (κ1) is 14.1. The van der Waals surface area contributed by atoms with Gasteiger partial charge in [0.05, 0.1) is 17.7 Å². The Hall–Kier alpha value is -3.28. The average molecular weight is 334 g/mol. The number of nitrogens with one attached hydrogen (secondary N) is 1. The largest absolute Gasteiger partial charge is 0.454 e. The number of aromatic nitrogens is 2. The maximum absolute atomic E-state index is 12.1. The van der Waals surface area contributed by atoms with Gasteiger partial charge in [0.15, 0.2) is 11.5 Å². The maximum Gasteiger partial charge on any atom is 0.313 e. The van der Waals surface area contributed by atoms with Crippen LogP contribution in [0.2, 0.25) is 0 Å². The number of carbonyl (C=O) groups excluding carboxylic acids is 1. The maximum atomic E-state index is 12.1. The van der Waals surface area contributed by atoms with Crippen molar-refractivity contribution >= 4 is 5.97 Å². The molecule has 1 N–H and O–H groups in total. The molecular weight excluding hydrogens is 320 g/mol. The van der Waals surface area contributed by atoms with Crippen molar-refractivity contribution in [3.63, 3.8) is 0 Å². The Morgan fingerprint density at radius 3 is 2.76 bits per heavy atom. The van der Waals surface area contributed by atoms with E-state index >= 15 is 0 Å². The Morgan fingerprint density at radius 1 is 1.04 bits per heavy atom. The summed E-state index contributed by atoms with van der Waals surface area (Å²) in [4.78, 5) is 12.1. The van der Waals surface area contributed by atoms with E-state index in [4.69, 9.17) is 14.2 Å². The number of benzene rings is 2. The van der Waals surface area contributed by atoms with Crippen molar-refractivity contribution in [2.75, 3.05) is 6.79 Å². The van der Waals surface area contributed by atoms with Gasteiger partial charge in [0.1, 0.15) is 0 Å². The summed E-state index contributed by atoms with van der Waals surface area (Å²) in [5.74, 6) is 1.32. The lowest BCUT2D eigenvalue weighted by molar-refractivity contribution is -0.135. The van der Waals surface area contributed by atoms with Gasteiger partial charge in [0.2, 0.25) is 12.7 Å². The molecule has 2 aliphatic rings. The van der Waals surface area contributed by atoms with E-state index in [1.54, 1.807) is 0 Å². The molecule has 1 unspecified atom stereocenters. The number of fused-ring (bicyclic) bond motifs is 2. The molecule has 0 aliphatic carbocycles. The molecule has 0 bridgehead atoms. The van der Waals surface area contributed by atoms with Gasteiger partial charge in [-0.3, -0.25) is 9.89 Å². The summed E-state index contributed by atoms with van der Waals surface area (Å²) in [6, 6.07) is 15.7. The molecule has 25 heavy (non-hydrogen) atoms. The second-order valence-corrected chi connectivity index (χ2v) is 6.03. The van der Waals surface area contributed by atoms with Crippen molar-refractivity contribution in [1.29, 1.82) is 0 Å². The van der Waals surface area contributed by atoms with Crippen LogP contribution in [0, 0.1) is 0 Å². The van der Waals surface area contributed by atoms with E-state index in [0.29, 0.717) is 11.6 Å². The molecule has 6 nitrogen and oxygen atoms in total. The van der Waals surface area contributed by atoms with Gasteiger partial charge in [-0.2, -0.15) is 0 Å². The number of aromatic amines is 1. The van der Waals surface area contributed by atoms with Gasteiger partial charge < -0.3 is 14.2 Å². The molecule has 3 heterocycles. The Kier molecular flexibility index (Phi) is 3.03. The summed E-state index contributed by atoms with van der Waals surface area (Å²) < 4.78 is 16.2. The van der Waals surface area contributed by atoms with Gasteiger partial charge in [-0.05, 0) is 23.3 Å². The minimum absolute atomic E-state index is 0.153. The Labute approximate surface area is 143 Å². The number of hydrogen-bond acceptors (Lipinski definition) is 5. The fourth-order valence-corrected chi connectivity index (χ4v) is 3.39. The van der Waals surface area contributed by atoms with Crippen molar-refractivity contribution in [3.05, 3.63) is 59.7 Å². The van der Waals surface area contributed by atoms with Crippen molar-refractivity contribution in [3.8, 4) is 28.6 Å². The van der Waals surface area contributed by atoms with Crippen molar-refractivity contribution < 1.29 is 19.0 Å². The molecule has 3 aromatic rings. The number of H-pyrrole nitrogens is 1. The Morgan fingerprint density at radius 2 is 1.88 bits per heavy atom. The lowest BCUT2D eigenvalue weighted by Crippen LogP contribution is -2.20. The molecule has 2 aliphatic heterocycles. The van der Waals surface area contributed by atoms with Gasteiger partial charge >= 0.3 is 5.97 Å². The van der Waals surface area contributed by atoms with Gasteiger partial charge in [-0.1, -0.05) is 36.4 Å². The highest BCUT2D eigenvalue weighted by atomic mass is 16.7. The van der Waals surface area contributed by atoms with Gasteiger partial charge in [-0.15, -0.1) is 5.10 Å². The van der Waals surface area contributed by atoms with Crippen LogP contribution in [0.25, 0.3) is 11.3 Å². The topological polar surface area (TPSA) is 73.4 Å². The summed E-state index contributed by atoms with van der Waals surface area (Å²) in [5.41, 5.74) is 3.73. The SMILES string of the molecule is O=C1CC(c2ccc3c(c2)OCO3)c2c(n[nH]c2-c2ccccc2)O1. The van der Waals surface area contributed by atoms with Gasteiger partial charge in [0, 0.05) is 5.92 Å². The smallest absolute Gasteiger partial charge is 0.313 e. The number of hydrogen-bond donors (Lipinski definition) is 1. The molecule has 0 saturated carbocycles. The first-order valence-corrected chi connectivity index (χ1v) is 8.03. The quantitative estimate of drug-likeness (QED) is 0.728. The molecule has 2 aromatic carbocycles. The fourth-order valence-electron chi connectivity index (χ4n) is 3.39. The second kappa shape index (κ2) is 5.37. The highest BCUT2D eigenvalue weighted by molar-refractivity contribution is 5.80. The van der Waals surface area contributed by atoms with E-state index in [0.717, 1.165) is 28.1 Å². The Bertz CT molecular complexity index is 965. The molecular formula is C19H14N2O4. The molecule has 124 valence electrons. The predicted molar refractivity (Wildman–Crippen MR) is 88.7 cm³/mol. The zero-order chi connectivity index (χ0) is 16.8. The van der Waals surface area contributed by atoms with E-state index in [1.807, 2.05) is 48.5 Å². The molecule has 0 spiro atoms. The molecule has 5 rings (SSSR count). The van der Waals surface area contributed by atoms with Gasteiger partial charge in [-0.25, -0.2) is 0 Å². The number of rotatable bonds is 2. The van der Waals surface area contributed by atoms with E-state index in [9.17, 15) is 4.79 Å². The first-order chi connectivity index (χ1) is 12.3. The van der Waals surface area contributed by atoms with Crippen LogP contribution < -0.4 is 14.2 Å². The lowest BCUT2D eigenvalue weighted by atomic mass is 9.85. The monoisotopic (exact) mass is 334 g/mol. The standard InChI is InChI=1S/C19H14N2O4/c22-16-9-13(12-6-7-14-15(8-12)24-10-23-14)17-18(20-21-19(17)25-16)11-4-2-1-3-5-11/h1-8,13H,9-10H2,(H,20,21). The lowest BCUT2D eigenvalue weighted by Gasteiger charge is -2.22. The first-order valence-electron chi connectivity index (χ1n) is 8.03. The van der Waals surface area contributed by atoms with Crippen molar-refractivity contribution in [1.82, 2.24) is 10.2 Å². The van der Waals surface area contributed by atoms with Crippen LogP contribution >= 0.6 is 0 Å². The fraction of sp³-hybridized carbons (Fsp3) is 0.158. The van der Waals surface area contributed by atoms with Crippen LogP contribution in [0.4, 0.5) is 0 Å². The summed E-state index contributed by atoms with van der Waals surface area (Å²) in [6.07, 6.45) is 0.256. The second-order valence-electron chi connectivity index (χ2n) is 6.03. The van der Waals surface area contributed by atoms with Crippen LogP contribution in [0.5, 0.6) is 17.4 Å². The zero-order valence-corrected chi connectivity index (χ0v) is 13.2. The van der Waals surface area contributed by atoms with Crippen LogP contribution in [0.1, 0.15) is 23.5 Å². The van der Waals surface area contributed by atoms with Crippen molar-refractivity contribution in [2.24, 2.45) is 0 Å². The summed E-state index contributed by atoms with van der Waals surface area (Å²) in [7, 11) is 0. The minimum atomic E-state index is -0.290. The van der Waals surface area contributed by atoms with Crippen LogP contribution in [0.3, 0.4) is 0 Å². The van der Waals surface area contributed by atoms with E-state index in [-0.39, 0.29) is 25.1 Å². The molecule has 0 amide bonds. The molecule has 0 radical (unpaired) electrons. The third-order valence-corrected chi connectivity index (χ3v) is 4.56. The predicted octanol–water partition coefficient (Wildman–Crippen LogP) is 3.25. The summed E-state index contributed by atoms with van der Waals surface area (Å²) in [5, 5.41) is 7.23. The van der Waals surface area contributed by atoms with Gasteiger partial charge in [0.25, 0.3) is 0 Å². The van der Waals surface area contributed by atoms with E-state index in [2.05, 4.69) is 10.2 Å². The molecule has 1 atom stereocenters. The van der Waals surface area contributed by atoms with Crippen molar-refractivity contribution in [2.45, 2.75) is 12.3 Å². The highest BCUT2D eigenvalue weighted by Gasteiger charge is 2.34. The van der Waals surface area contributed by atoms with Crippen LogP contribution in [-0.2, 0) is 4.79 Å². The van der Waals surface area contributed by atoms with E-state index in [1.165, 1.54) is 0 Å². The number of ether oxygens (including phenoxy) is 3. The van der Waals surface area contributed by atoms with E-state index < -0.39 is 0 Å². The summed E-state index contributed by atoms with van der Waals surface area (Å²) >= 11 is 0. The zero-order valence-electron chi connectivity index (χ0n) is 13.2. The molecule has 6 heteroatoms. The number of carbonyl (C=O) groups is 1. The normalized spacial score (nSPS) is 17.9. The summed E-state index contributed by atoms with van der Waals surface area (Å²) in [6.45, 7) is 0.220. The van der Waals surface area contributed by atoms with Crippen LogP contribution in [-0.4, -0.2) is 23.0 Å². The minimum Gasteiger partial charge on any atom is -0.454 e. The third-order valence-electron chi connectivity index (χ3n) is 4.56. The Balaban J connectivity index is 1.65. The molecule has 1 aromatic heterocycles.